The SMILES string of the molecule is CCCC(O)c1ccc2c(c1)CCC(=O)N2. The largest absolute Gasteiger partial charge is 0.388 e. The van der Waals surface area contributed by atoms with Crippen molar-refractivity contribution in [3.05, 3.63) is 29.3 Å². The van der Waals surface area contributed by atoms with Crippen LogP contribution in [0.2, 0.25) is 0 Å². The third-order valence-corrected chi connectivity index (χ3v) is 2.97. The van der Waals surface area contributed by atoms with E-state index in [0.29, 0.717) is 6.42 Å². The highest BCUT2D eigenvalue weighted by atomic mass is 16.3. The molecule has 1 aliphatic heterocycles. The van der Waals surface area contributed by atoms with Crippen molar-refractivity contribution in [1.29, 1.82) is 0 Å². The van der Waals surface area contributed by atoms with Gasteiger partial charge in [0.05, 0.1) is 6.10 Å². The molecular weight excluding hydrogens is 202 g/mol. The van der Waals surface area contributed by atoms with Crippen LogP contribution in [-0.4, -0.2) is 11.0 Å². The quantitative estimate of drug-likeness (QED) is 0.820. The number of aryl methyl sites for hydroxylation is 1. The Balaban J connectivity index is 2.22. The summed E-state index contributed by atoms with van der Waals surface area (Å²) in [4.78, 5) is 11.2. The average molecular weight is 219 g/mol. The lowest BCUT2D eigenvalue weighted by Gasteiger charge is -2.19. The Hall–Kier alpha value is -1.35. The molecule has 1 aliphatic rings. The molecule has 1 aromatic carbocycles. The van der Waals surface area contributed by atoms with Crippen LogP contribution in [0.25, 0.3) is 0 Å². The summed E-state index contributed by atoms with van der Waals surface area (Å²) in [5, 5.41) is 12.7. The van der Waals surface area contributed by atoms with Gasteiger partial charge in [-0.25, -0.2) is 0 Å². The Morgan fingerprint density at radius 2 is 2.25 bits per heavy atom. The second kappa shape index (κ2) is 4.66. The molecule has 1 heterocycles. The first-order valence-corrected chi connectivity index (χ1v) is 5.81. The van der Waals surface area contributed by atoms with Crippen LogP contribution in [0.15, 0.2) is 18.2 Å². The number of hydrogen-bond acceptors (Lipinski definition) is 2. The van der Waals surface area contributed by atoms with Crippen LogP contribution in [0.5, 0.6) is 0 Å². The van der Waals surface area contributed by atoms with E-state index < -0.39 is 0 Å². The molecule has 0 spiro atoms. The number of carbonyl (C=O) groups excluding carboxylic acids is 1. The van der Waals surface area contributed by atoms with Crippen molar-refractivity contribution >= 4 is 11.6 Å². The summed E-state index contributed by atoms with van der Waals surface area (Å²) in [6.45, 7) is 2.06. The van der Waals surface area contributed by atoms with E-state index in [1.807, 2.05) is 18.2 Å². The van der Waals surface area contributed by atoms with Gasteiger partial charge in [-0.3, -0.25) is 4.79 Å². The Labute approximate surface area is 95.5 Å². The van der Waals surface area contributed by atoms with Crippen LogP contribution in [-0.2, 0) is 11.2 Å². The maximum atomic E-state index is 11.2. The molecule has 1 atom stereocenters. The highest BCUT2D eigenvalue weighted by molar-refractivity contribution is 5.93. The lowest BCUT2D eigenvalue weighted by atomic mass is 9.97. The fourth-order valence-corrected chi connectivity index (χ4v) is 2.05. The molecule has 0 saturated heterocycles. The minimum Gasteiger partial charge on any atom is -0.388 e. The van der Waals surface area contributed by atoms with Gasteiger partial charge < -0.3 is 10.4 Å². The zero-order valence-corrected chi connectivity index (χ0v) is 9.49. The van der Waals surface area contributed by atoms with Gasteiger partial charge in [0, 0.05) is 12.1 Å². The predicted octanol–water partition coefficient (Wildman–Crippen LogP) is 2.40. The van der Waals surface area contributed by atoms with E-state index in [-0.39, 0.29) is 12.0 Å². The van der Waals surface area contributed by atoms with Crippen molar-refractivity contribution in [1.82, 2.24) is 0 Å². The van der Waals surface area contributed by atoms with Crippen molar-refractivity contribution in [2.45, 2.75) is 38.7 Å². The molecule has 0 aromatic heterocycles. The molecule has 3 nitrogen and oxygen atoms in total. The molecule has 0 bridgehead atoms. The first-order chi connectivity index (χ1) is 7.70. The molecular formula is C13H17NO2. The summed E-state index contributed by atoms with van der Waals surface area (Å²) in [7, 11) is 0. The third kappa shape index (κ3) is 2.25. The molecule has 1 aromatic rings. The van der Waals surface area contributed by atoms with E-state index in [2.05, 4.69) is 12.2 Å². The number of fused-ring (bicyclic) bond motifs is 1. The topological polar surface area (TPSA) is 49.3 Å². The highest BCUT2D eigenvalue weighted by Crippen LogP contribution is 2.27. The summed E-state index contributed by atoms with van der Waals surface area (Å²) < 4.78 is 0. The molecule has 16 heavy (non-hydrogen) atoms. The van der Waals surface area contributed by atoms with Gasteiger partial charge in [-0.1, -0.05) is 25.5 Å². The van der Waals surface area contributed by atoms with Gasteiger partial charge >= 0.3 is 0 Å². The number of nitrogens with one attached hydrogen (secondary N) is 1. The zero-order chi connectivity index (χ0) is 11.5. The summed E-state index contributed by atoms with van der Waals surface area (Å²) >= 11 is 0. The van der Waals surface area contributed by atoms with E-state index in [1.54, 1.807) is 0 Å². The van der Waals surface area contributed by atoms with Crippen LogP contribution in [0.4, 0.5) is 5.69 Å². The molecule has 2 N–H and O–H groups in total. The van der Waals surface area contributed by atoms with E-state index in [4.69, 9.17) is 0 Å². The number of aliphatic hydroxyl groups is 1. The predicted molar refractivity (Wildman–Crippen MR) is 63.3 cm³/mol. The van der Waals surface area contributed by atoms with Crippen molar-refractivity contribution < 1.29 is 9.90 Å². The maximum absolute atomic E-state index is 11.2. The van der Waals surface area contributed by atoms with Crippen LogP contribution in [0.1, 0.15) is 43.4 Å². The first-order valence-electron chi connectivity index (χ1n) is 5.81. The van der Waals surface area contributed by atoms with Gasteiger partial charge in [0.1, 0.15) is 0 Å². The normalized spacial score (nSPS) is 16.5. The fourth-order valence-electron chi connectivity index (χ4n) is 2.05. The number of anilines is 1. The van der Waals surface area contributed by atoms with E-state index in [9.17, 15) is 9.90 Å². The maximum Gasteiger partial charge on any atom is 0.224 e. The molecule has 3 heteroatoms. The van der Waals surface area contributed by atoms with Crippen molar-refractivity contribution in [3.8, 4) is 0 Å². The zero-order valence-electron chi connectivity index (χ0n) is 9.49. The Bertz CT molecular complexity index is 401. The highest BCUT2D eigenvalue weighted by Gasteiger charge is 2.16. The van der Waals surface area contributed by atoms with Gasteiger partial charge in [0.15, 0.2) is 0 Å². The lowest BCUT2D eigenvalue weighted by Crippen LogP contribution is -2.19. The molecule has 0 radical (unpaired) electrons. The number of rotatable bonds is 3. The van der Waals surface area contributed by atoms with Gasteiger partial charge in [-0.15, -0.1) is 0 Å². The Morgan fingerprint density at radius 3 is 3.00 bits per heavy atom. The second-order valence-corrected chi connectivity index (χ2v) is 4.27. The minimum absolute atomic E-state index is 0.0781. The fraction of sp³-hybridized carbons (Fsp3) is 0.462. The lowest BCUT2D eigenvalue weighted by molar-refractivity contribution is -0.116. The number of carbonyl (C=O) groups is 1. The summed E-state index contributed by atoms with van der Waals surface area (Å²) in [6.07, 6.45) is 2.68. The molecule has 2 rings (SSSR count). The number of amides is 1. The van der Waals surface area contributed by atoms with E-state index in [0.717, 1.165) is 36.1 Å². The van der Waals surface area contributed by atoms with Gasteiger partial charge in [-0.2, -0.15) is 0 Å². The molecule has 0 saturated carbocycles. The van der Waals surface area contributed by atoms with Crippen LogP contribution < -0.4 is 5.32 Å². The van der Waals surface area contributed by atoms with Crippen molar-refractivity contribution in [3.63, 3.8) is 0 Å². The smallest absolute Gasteiger partial charge is 0.224 e. The molecule has 1 amide bonds. The third-order valence-electron chi connectivity index (χ3n) is 2.97. The van der Waals surface area contributed by atoms with Gasteiger partial charge in [0.25, 0.3) is 0 Å². The molecule has 0 fully saturated rings. The van der Waals surface area contributed by atoms with E-state index in [1.165, 1.54) is 0 Å². The van der Waals surface area contributed by atoms with Crippen LogP contribution in [0, 0.1) is 0 Å². The van der Waals surface area contributed by atoms with Gasteiger partial charge in [-0.05, 0) is 30.0 Å². The van der Waals surface area contributed by atoms with Crippen molar-refractivity contribution in [2.24, 2.45) is 0 Å². The second-order valence-electron chi connectivity index (χ2n) is 4.27. The number of benzene rings is 1. The summed E-state index contributed by atoms with van der Waals surface area (Å²) in [6, 6.07) is 5.79. The monoisotopic (exact) mass is 219 g/mol. The first kappa shape index (κ1) is 11.1. The molecule has 0 aliphatic carbocycles. The number of aliphatic hydroxyl groups excluding tert-OH is 1. The summed E-state index contributed by atoms with van der Waals surface area (Å²) in [5.41, 5.74) is 2.98. The molecule has 86 valence electrons. The van der Waals surface area contributed by atoms with Crippen LogP contribution >= 0.6 is 0 Å². The Kier molecular flexibility index (Phi) is 3.25. The van der Waals surface area contributed by atoms with E-state index >= 15 is 0 Å². The molecule has 1 unspecified atom stereocenters. The average Bonchev–Trinajstić information content (AvgIpc) is 2.28. The van der Waals surface area contributed by atoms with Gasteiger partial charge in [0.2, 0.25) is 5.91 Å². The van der Waals surface area contributed by atoms with Crippen molar-refractivity contribution in [2.75, 3.05) is 5.32 Å². The van der Waals surface area contributed by atoms with Crippen LogP contribution in [0.3, 0.4) is 0 Å². The minimum atomic E-state index is -0.382. The number of hydrogen-bond donors (Lipinski definition) is 2. The summed E-state index contributed by atoms with van der Waals surface area (Å²) in [5.74, 6) is 0.0781. The Morgan fingerprint density at radius 1 is 1.44 bits per heavy atom. The standard InChI is InChI=1S/C13H17NO2/c1-2-3-12(15)10-4-6-11-9(8-10)5-7-13(16)14-11/h4,6,8,12,15H,2-3,5,7H2,1H3,(H,14,16).